The van der Waals surface area contributed by atoms with Crippen LogP contribution in [-0.4, -0.2) is 18.5 Å². The van der Waals surface area contributed by atoms with Crippen molar-refractivity contribution in [1.29, 1.82) is 0 Å². The molecule has 0 radical (unpaired) electrons. The van der Waals surface area contributed by atoms with Gasteiger partial charge in [0.25, 0.3) is 0 Å². The first-order valence-electron chi connectivity index (χ1n) is 9.30. The second-order valence-corrected chi connectivity index (χ2v) is 7.31. The molecule has 1 aliphatic carbocycles. The normalized spacial score (nSPS) is 16.9. The van der Waals surface area contributed by atoms with Gasteiger partial charge in [-0.05, 0) is 56.1 Å². The Bertz CT molecular complexity index is 809. The van der Waals surface area contributed by atoms with Crippen molar-refractivity contribution < 1.29 is 4.79 Å². The summed E-state index contributed by atoms with van der Waals surface area (Å²) >= 11 is 5.94. The molecule has 2 unspecified atom stereocenters. The average Bonchev–Trinajstić information content (AvgIpc) is 2.69. The van der Waals surface area contributed by atoms with Gasteiger partial charge in [0.2, 0.25) is 5.91 Å². The summed E-state index contributed by atoms with van der Waals surface area (Å²) in [5, 5.41) is 7.24. The smallest absolute Gasteiger partial charge is 0.242 e. The van der Waals surface area contributed by atoms with Gasteiger partial charge in [0, 0.05) is 16.6 Å². The molecule has 4 heteroatoms. The van der Waals surface area contributed by atoms with E-state index in [9.17, 15) is 4.79 Å². The summed E-state index contributed by atoms with van der Waals surface area (Å²) < 4.78 is 0. The third-order valence-electron chi connectivity index (χ3n) is 4.73. The lowest BCUT2D eigenvalue weighted by molar-refractivity contribution is -0.119. The van der Waals surface area contributed by atoms with Crippen molar-refractivity contribution in [2.45, 2.75) is 25.8 Å². The third-order valence-corrected chi connectivity index (χ3v) is 4.99. The first-order chi connectivity index (χ1) is 13.1. The van der Waals surface area contributed by atoms with E-state index in [1.54, 1.807) is 0 Å². The zero-order valence-electron chi connectivity index (χ0n) is 15.5. The van der Waals surface area contributed by atoms with Crippen LogP contribution in [0.2, 0.25) is 5.02 Å². The summed E-state index contributed by atoms with van der Waals surface area (Å²) in [4.78, 5) is 12.9. The molecule has 0 saturated heterocycles. The highest BCUT2D eigenvalue weighted by Crippen LogP contribution is 2.19. The molecule has 2 aromatic rings. The average molecular weight is 381 g/mol. The fraction of sp³-hybridized carbons (Fsp3) is 0.261. The number of amides is 1. The van der Waals surface area contributed by atoms with Crippen molar-refractivity contribution >= 4 is 23.2 Å². The van der Waals surface area contributed by atoms with E-state index in [1.807, 2.05) is 67.6 Å². The minimum absolute atomic E-state index is 0.0000841. The van der Waals surface area contributed by atoms with Crippen LogP contribution in [-0.2, 0) is 11.2 Å². The molecule has 140 valence electrons. The molecule has 2 N–H and O–H groups in total. The quantitative estimate of drug-likeness (QED) is 0.715. The van der Waals surface area contributed by atoms with E-state index >= 15 is 0 Å². The molecule has 2 aromatic carbocycles. The van der Waals surface area contributed by atoms with Gasteiger partial charge in [-0.2, -0.15) is 0 Å². The van der Waals surface area contributed by atoms with E-state index in [-0.39, 0.29) is 17.9 Å². The maximum absolute atomic E-state index is 12.9. The van der Waals surface area contributed by atoms with Gasteiger partial charge in [-0.25, -0.2) is 0 Å². The Morgan fingerprint density at radius 1 is 1.11 bits per heavy atom. The van der Waals surface area contributed by atoms with Crippen LogP contribution in [0.25, 0.3) is 0 Å². The number of anilines is 1. The van der Waals surface area contributed by atoms with Gasteiger partial charge in [0.1, 0.15) is 0 Å². The highest BCUT2D eigenvalue weighted by atomic mass is 35.5. The van der Waals surface area contributed by atoms with Crippen LogP contribution >= 0.6 is 11.6 Å². The minimum atomic E-state index is -0.278. The zero-order chi connectivity index (χ0) is 19.1. The van der Waals surface area contributed by atoms with Crippen LogP contribution < -0.4 is 10.6 Å². The highest BCUT2D eigenvalue weighted by molar-refractivity contribution is 6.30. The Kier molecular flexibility index (Phi) is 6.86. The molecule has 0 aromatic heterocycles. The first kappa shape index (κ1) is 19.4. The van der Waals surface area contributed by atoms with Crippen LogP contribution in [0, 0.1) is 12.8 Å². The van der Waals surface area contributed by atoms with Crippen molar-refractivity contribution in [2.24, 2.45) is 5.92 Å². The predicted octanol–water partition coefficient (Wildman–Crippen LogP) is 4.92. The van der Waals surface area contributed by atoms with Gasteiger partial charge < -0.3 is 10.6 Å². The van der Waals surface area contributed by atoms with Gasteiger partial charge >= 0.3 is 0 Å². The summed E-state index contributed by atoms with van der Waals surface area (Å²) in [6, 6.07) is 15.4. The van der Waals surface area contributed by atoms with Crippen molar-refractivity contribution in [3.63, 3.8) is 0 Å². The summed E-state index contributed by atoms with van der Waals surface area (Å²) in [5.74, 6) is 0.144. The summed E-state index contributed by atoms with van der Waals surface area (Å²) in [6.45, 7) is 2.76. The molecular weight excluding hydrogens is 356 g/mol. The number of benzene rings is 2. The second kappa shape index (κ2) is 9.54. The van der Waals surface area contributed by atoms with Crippen molar-refractivity contribution in [3.05, 3.63) is 89.0 Å². The topological polar surface area (TPSA) is 41.1 Å². The fourth-order valence-corrected chi connectivity index (χ4v) is 3.29. The lowest BCUT2D eigenvalue weighted by Gasteiger charge is -2.25. The van der Waals surface area contributed by atoms with E-state index in [2.05, 4.69) is 22.8 Å². The summed E-state index contributed by atoms with van der Waals surface area (Å²) in [5.41, 5.74) is 3.19. The Morgan fingerprint density at radius 2 is 1.85 bits per heavy atom. The molecule has 0 spiro atoms. The molecule has 0 saturated carbocycles. The van der Waals surface area contributed by atoms with Gasteiger partial charge in [-0.1, -0.05) is 65.7 Å². The van der Waals surface area contributed by atoms with Crippen LogP contribution in [0.4, 0.5) is 5.69 Å². The Morgan fingerprint density at radius 3 is 2.52 bits per heavy atom. The van der Waals surface area contributed by atoms with Crippen LogP contribution in [0.15, 0.2) is 72.8 Å². The van der Waals surface area contributed by atoms with Gasteiger partial charge in [0.05, 0.1) is 6.04 Å². The lowest BCUT2D eigenvalue weighted by atomic mass is 9.91. The standard InChI is InChI=1S/C23H25ClN2O/c1-17-7-13-21(14-8-17)26-23(27)22(19-5-3-2-4-6-19)25-16-15-18-9-11-20(24)12-10-18/h2-5,7-14,19,22,25H,6,15-16H2,1H3,(H,26,27). The monoisotopic (exact) mass is 380 g/mol. The SMILES string of the molecule is Cc1ccc(NC(=O)C(NCCc2ccc(Cl)cc2)C2C=CC=CC2)cc1. The Balaban J connectivity index is 1.63. The molecular formula is C23H25ClN2O. The molecule has 3 rings (SSSR count). The van der Waals surface area contributed by atoms with Crippen molar-refractivity contribution in [1.82, 2.24) is 5.32 Å². The molecule has 1 amide bonds. The van der Waals surface area contributed by atoms with Crippen LogP contribution in [0.3, 0.4) is 0 Å². The number of rotatable bonds is 7. The molecule has 1 aliphatic rings. The summed E-state index contributed by atoms with van der Waals surface area (Å²) in [6.07, 6.45) is 9.96. The van der Waals surface area contributed by atoms with E-state index in [4.69, 9.17) is 11.6 Å². The molecule has 2 atom stereocenters. The molecule has 0 fully saturated rings. The molecule has 3 nitrogen and oxygen atoms in total. The number of carbonyl (C=O) groups excluding carboxylic acids is 1. The van der Waals surface area contributed by atoms with Crippen LogP contribution in [0.5, 0.6) is 0 Å². The third kappa shape index (κ3) is 5.81. The number of hydrogen-bond acceptors (Lipinski definition) is 2. The summed E-state index contributed by atoms with van der Waals surface area (Å²) in [7, 11) is 0. The number of hydrogen-bond donors (Lipinski definition) is 2. The lowest BCUT2D eigenvalue weighted by Crippen LogP contribution is -2.46. The molecule has 27 heavy (non-hydrogen) atoms. The number of allylic oxidation sites excluding steroid dienone is 3. The number of nitrogens with one attached hydrogen (secondary N) is 2. The van der Waals surface area contributed by atoms with Crippen LogP contribution in [0.1, 0.15) is 17.5 Å². The minimum Gasteiger partial charge on any atom is -0.325 e. The van der Waals surface area contributed by atoms with Crippen molar-refractivity contribution in [2.75, 3.05) is 11.9 Å². The van der Waals surface area contributed by atoms with E-state index in [0.717, 1.165) is 30.1 Å². The van der Waals surface area contributed by atoms with E-state index < -0.39 is 0 Å². The number of carbonyl (C=O) groups is 1. The maximum Gasteiger partial charge on any atom is 0.242 e. The van der Waals surface area contributed by atoms with Gasteiger partial charge in [-0.3, -0.25) is 4.79 Å². The fourth-order valence-electron chi connectivity index (χ4n) is 3.17. The molecule has 0 aliphatic heterocycles. The first-order valence-corrected chi connectivity index (χ1v) is 9.68. The Hall–Kier alpha value is -2.36. The van der Waals surface area contributed by atoms with Gasteiger partial charge in [-0.15, -0.1) is 0 Å². The zero-order valence-corrected chi connectivity index (χ0v) is 16.2. The molecule has 0 heterocycles. The van der Waals surface area contributed by atoms with E-state index in [0.29, 0.717) is 0 Å². The van der Waals surface area contributed by atoms with E-state index in [1.165, 1.54) is 11.1 Å². The highest BCUT2D eigenvalue weighted by Gasteiger charge is 2.26. The Labute approximate surface area is 166 Å². The van der Waals surface area contributed by atoms with Crippen molar-refractivity contribution in [3.8, 4) is 0 Å². The largest absolute Gasteiger partial charge is 0.325 e. The maximum atomic E-state index is 12.9. The number of halogens is 1. The molecule has 0 bridgehead atoms. The van der Waals surface area contributed by atoms with Gasteiger partial charge in [0.15, 0.2) is 0 Å². The number of aryl methyl sites for hydroxylation is 1. The predicted molar refractivity (Wildman–Crippen MR) is 113 cm³/mol. The second-order valence-electron chi connectivity index (χ2n) is 6.88.